The molecule has 0 saturated heterocycles. The minimum atomic E-state index is 0.700. The molecule has 3 heteroatoms. The molecule has 0 spiro atoms. The highest BCUT2D eigenvalue weighted by atomic mass is 14.9. The van der Waals surface area contributed by atoms with E-state index in [0.717, 1.165) is 61.2 Å². The first-order valence-electron chi connectivity index (χ1n) is 19.7. The second-order valence-electron chi connectivity index (χ2n) is 14.8. The Hall–Kier alpha value is -7.75. The normalized spacial score (nSPS) is 11.4. The number of pyridine rings is 1. The van der Waals surface area contributed by atoms with Crippen molar-refractivity contribution in [2.75, 3.05) is 0 Å². The highest BCUT2D eigenvalue weighted by Crippen LogP contribution is 2.42. The van der Waals surface area contributed by atoms with Gasteiger partial charge < -0.3 is 0 Å². The van der Waals surface area contributed by atoms with Crippen molar-refractivity contribution >= 4 is 43.2 Å². The Bertz CT molecular complexity index is 3300. The van der Waals surface area contributed by atoms with E-state index in [1.54, 1.807) is 0 Å². The van der Waals surface area contributed by atoms with Gasteiger partial charge in [0, 0.05) is 38.4 Å². The molecular formula is C55H35N3. The number of nitrogens with zero attached hydrogens (tertiary/aromatic N) is 3. The van der Waals surface area contributed by atoms with Gasteiger partial charge in [-0.05, 0) is 68.1 Å². The van der Waals surface area contributed by atoms with Crippen LogP contribution in [-0.2, 0) is 0 Å². The molecule has 0 saturated carbocycles. The van der Waals surface area contributed by atoms with Gasteiger partial charge in [0.05, 0.1) is 22.6 Å². The van der Waals surface area contributed by atoms with Crippen molar-refractivity contribution < 1.29 is 0 Å². The first kappa shape index (κ1) is 33.6. The van der Waals surface area contributed by atoms with E-state index in [4.69, 9.17) is 15.0 Å². The number of aromatic nitrogens is 3. The van der Waals surface area contributed by atoms with E-state index in [0.29, 0.717) is 5.82 Å². The van der Waals surface area contributed by atoms with Gasteiger partial charge in [-0.1, -0.05) is 188 Å². The van der Waals surface area contributed by atoms with Crippen molar-refractivity contribution in [2.24, 2.45) is 0 Å². The molecule has 2 heterocycles. The molecule has 3 nitrogen and oxygen atoms in total. The Morgan fingerprint density at radius 2 is 0.793 bits per heavy atom. The van der Waals surface area contributed by atoms with Gasteiger partial charge in [-0.15, -0.1) is 0 Å². The van der Waals surface area contributed by atoms with Crippen molar-refractivity contribution in [3.63, 3.8) is 0 Å². The van der Waals surface area contributed by atoms with Gasteiger partial charge in [-0.2, -0.15) is 0 Å². The third-order valence-electron chi connectivity index (χ3n) is 11.3. The molecule has 11 aromatic rings. The fraction of sp³-hybridized carbons (Fsp3) is 0. The number of fused-ring (bicyclic) bond motifs is 6. The first-order valence-corrected chi connectivity index (χ1v) is 19.7. The molecule has 9 aromatic carbocycles. The van der Waals surface area contributed by atoms with Crippen molar-refractivity contribution in [3.05, 3.63) is 212 Å². The average Bonchev–Trinajstić information content (AvgIpc) is 3.31. The van der Waals surface area contributed by atoms with E-state index in [2.05, 4.69) is 188 Å². The Labute approximate surface area is 336 Å². The van der Waals surface area contributed by atoms with Crippen molar-refractivity contribution in [1.82, 2.24) is 15.0 Å². The molecule has 0 aliphatic heterocycles. The third-order valence-corrected chi connectivity index (χ3v) is 11.3. The molecule has 0 fully saturated rings. The van der Waals surface area contributed by atoms with Crippen LogP contribution >= 0.6 is 0 Å². The summed E-state index contributed by atoms with van der Waals surface area (Å²) in [6.07, 6.45) is 0. The molecule has 58 heavy (non-hydrogen) atoms. The number of rotatable bonds is 6. The Kier molecular flexibility index (Phi) is 8.15. The average molecular weight is 738 g/mol. The first-order chi connectivity index (χ1) is 28.7. The maximum absolute atomic E-state index is 5.35. The maximum atomic E-state index is 5.35. The SMILES string of the molecule is c1ccc(-c2ccc(-c3cc(-c4ccc(-c5cc6c(-c7ccc8ccccc8c7)nc7ccccc7c6c6ccccc56)cc4)nc(-c4ccccc4)n3)cc2)cc1. The summed E-state index contributed by atoms with van der Waals surface area (Å²) >= 11 is 0. The summed E-state index contributed by atoms with van der Waals surface area (Å²) in [5, 5.41) is 8.36. The zero-order valence-corrected chi connectivity index (χ0v) is 31.5. The van der Waals surface area contributed by atoms with Crippen LogP contribution in [0.2, 0.25) is 0 Å². The monoisotopic (exact) mass is 737 g/mol. The van der Waals surface area contributed by atoms with Crippen molar-refractivity contribution in [3.8, 4) is 67.4 Å². The fourth-order valence-electron chi connectivity index (χ4n) is 8.35. The van der Waals surface area contributed by atoms with Gasteiger partial charge in [0.25, 0.3) is 0 Å². The fourth-order valence-corrected chi connectivity index (χ4v) is 8.35. The molecular weight excluding hydrogens is 703 g/mol. The van der Waals surface area contributed by atoms with Crippen LogP contribution in [0, 0.1) is 0 Å². The lowest BCUT2D eigenvalue weighted by Gasteiger charge is -2.16. The molecule has 0 aliphatic rings. The zero-order valence-electron chi connectivity index (χ0n) is 31.5. The van der Waals surface area contributed by atoms with Crippen LogP contribution in [0.25, 0.3) is 111 Å². The van der Waals surface area contributed by atoms with E-state index in [1.165, 1.54) is 43.6 Å². The van der Waals surface area contributed by atoms with E-state index in [-0.39, 0.29) is 0 Å². The molecule has 0 bridgehead atoms. The highest BCUT2D eigenvalue weighted by Gasteiger charge is 2.18. The number of para-hydroxylation sites is 1. The lowest BCUT2D eigenvalue weighted by atomic mass is 9.89. The smallest absolute Gasteiger partial charge is 0.160 e. The zero-order chi connectivity index (χ0) is 38.4. The standard InChI is InChI=1S/C55H35N3/c1-3-13-36(14-4-1)38-23-28-40(29-24-38)51-35-52(58-55(57-51)42-16-5-2-6-17-42)41-30-26-39(27-31-41)48-34-49-53(46-20-10-9-19-45(46)48)47-21-11-12-22-50(47)56-54(49)44-32-25-37-15-7-8-18-43(37)33-44/h1-35H. The van der Waals surface area contributed by atoms with Gasteiger partial charge in [0.15, 0.2) is 5.82 Å². The largest absolute Gasteiger partial charge is 0.247 e. The van der Waals surface area contributed by atoms with Gasteiger partial charge in [0.2, 0.25) is 0 Å². The van der Waals surface area contributed by atoms with Crippen LogP contribution in [0.1, 0.15) is 0 Å². The predicted octanol–water partition coefficient (Wildman–Crippen LogP) is 14.5. The van der Waals surface area contributed by atoms with E-state index in [1.807, 2.05) is 24.3 Å². The number of hydrogen-bond donors (Lipinski definition) is 0. The van der Waals surface area contributed by atoms with Crippen molar-refractivity contribution in [1.29, 1.82) is 0 Å². The van der Waals surface area contributed by atoms with Crippen LogP contribution in [0.15, 0.2) is 212 Å². The summed E-state index contributed by atoms with van der Waals surface area (Å²) in [7, 11) is 0. The summed E-state index contributed by atoms with van der Waals surface area (Å²) < 4.78 is 0. The molecule has 11 rings (SSSR count). The summed E-state index contributed by atoms with van der Waals surface area (Å²) in [5.41, 5.74) is 12.6. The Morgan fingerprint density at radius 1 is 0.276 bits per heavy atom. The van der Waals surface area contributed by atoms with E-state index < -0.39 is 0 Å². The van der Waals surface area contributed by atoms with Gasteiger partial charge in [-0.25, -0.2) is 15.0 Å². The molecule has 270 valence electrons. The lowest BCUT2D eigenvalue weighted by molar-refractivity contribution is 1.18. The maximum Gasteiger partial charge on any atom is 0.160 e. The molecule has 0 atom stereocenters. The van der Waals surface area contributed by atoms with Crippen LogP contribution < -0.4 is 0 Å². The van der Waals surface area contributed by atoms with Crippen LogP contribution in [-0.4, -0.2) is 15.0 Å². The van der Waals surface area contributed by atoms with Gasteiger partial charge in [0.1, 0.15) is 0 Å². The van der Waals surface area contributed by atoms with Crippen LogP contribution in [0.4, 0.5) is 0 Å². The van der Waals surface area contributed by atoms with Crippen LogP contribution in [0.3, 0.4) is 0 Å². The predicted molar refractivity (Wildman–Crippen MR) is 242 cm³/mol. The van der Waals surface area contributed by atoms with Crippen LogP contribution in [0.5, 0.6) is 0 Å². The summed E-state index contributed by atoms with van der Waals surface area (Å²) in [6.45, 7) is 0. The topological polar surface area (TPSA) is 38.7 Å². The highest BCUT2D eigenvalue weighted by molar-refractivity contribution is 6.25. The molecule has 0 N–H and O–H groups in total. The Morgan fingerprint density at radius 3 is 1.50 bits per heavy atom. The quantitative estimate of drug-likeness (QED) is 0.160. The van der Waals surface area contributed by atoms with E-state index in [9.17, 15) is 0 Å². The summed E-state index contributed by atoms with van der Waals surface area (Å²) in [4.78, 5) is 15.6. The Balaban J connectivity index is 1.05. The minimum Gasteiger partial charge on any atom is -0.247 e. The molecule has 0 aliphatic carbocycles. The lowest BCUT2D eigenvalue weighted by Crippen LogP contribution is -1.96. The second kappa shape index (κ2) is 14.1. The van der Waals surface area contributed by atoms with E-state index >= 15 is 0 Å². The second-order valence-corrected chi connectivity index (χ2v) is 14.8. The van der Waals surface area contributed by atoms with Crippen molar-refractivity contribution in [2.45, 2.75) is 0 Å². The van der Waals surface area contributed by atoms with Gasteiger partial charge in [-0.3, -0.25) is 0 Å². The summed E-state index contributed by atoms with van der Waals surface area (Å²) in [6, 6.07) is 75.1. The van der Waals surface area contributed by atoms with Gasteiger partial charge >= 0.3 is 0 Å². The molecule has 0 radical (unpaired) electrons. The number of hydrogen-bond acceptors (Lipinski definition) is 3. The third kappa shape index (κ3) is 5.98. The molecule has 0 amide bonds. The number of benzene rings is 9. The minimum absolute atomic E-state index is 0.700. The molecule has 0 unspecified atom stereocenters. The molecule has 2 aromatic heterocycles. The summed E-state index contributed by atoms with van der Waals surface area (Å²) in [5.74, 6) is 0.700.